The zero-order valence-electron chi connectivity index (χ0n) is 16.0. The number of benzene rings is 2. The zero-order chi connectivity index (χ0) is 24.5. The largest absolute Gasteiger partial charge is 0.435 e. The van der Waals surface area contributed by atoms with Crippen molar-refractivity contribution in [3.8, 4) is 0 Å². The summed E-state index contributed by atoms with van der Waals surface area (Å²) in [5.41, 5.74) is -8.48. The first-order chi connectivity index (χ1) is 14.6. The van der Waals surface area contributed by atoms with Crippen LogP contribution >= 0.6 is 27.5 Å². The van der Waals surface area contributed by atoms with Gasteiger partial charge in [0.1, 0.15) is 0 Å². The molecule has 2 rings (SSSR count). The second-order valence-corrected chi connectivity index (χ2v) is 7.78. The lowest BCUT2D eigenvalue weighted by Crippen LogP contribution is -2.50. The molecule has 1 amide bonds. The van der Waals surface area contributed by atoms with Crippen molar-refractivity contribution in [1.29, 1.82) is 0 Å². The van der Waals surface area contributed by atoms with Gasteiger partial charge in [0.2, 0.25) is 0 Å². The Morgan fingerprint density at radius 3 is 2.16 bits per heavy atom. The quantitative estimate of drug-likeness (QED) is 0.362. The van der Waals surface area contributed by atoms with E-state index in [1.54, 1.807) is 0 Å². The minimum absolute atomic E-state index is 0.0116. The van der Waals surface area contributed by atoms with Gasteiger partial charge < -0.3 is 10.6 Å². The topological polar surface area (TPSA) is 41.1 Å². The van der Waals surface area contributed by atoms with Gasteiger partial charge in [0.05, 0.1) is 22.0 Å². The van der Waals surface area contributed by atoms with Gasteiger partial charge >= 0.3 is 18.0 Å². The summed E-state index contributed by atoms with van der Waals surface area (Å²) in [6.07, 6.45) is -12.0. The molecule has 0 radical (unpaired) electrons. The molecule has 13 heteroatoms. The monoisotopic (exact) mass is 552 g/mol. The molecule has 0 aliphatic heterocycles. The molecule has 0 aromatic heterocycles. The molecule has 0 aliphatic rings. The second-order valence-electron chi connectivity index (χ2n) is 6.52. The van der Waals surface area contributed by atoms with E-state index in [9.17, 15) is 39.9 Å². The van der Waals surface area contributed by atoms with Crippen LogP contribution in [0.4, 0.5) is 46.5 Å². The summed E-state index contributed by atoms with van der Waals surface area (Å²) in [6, 6.07) is 4.13. The Morgan fingerprint density at radius 2 is 1.66 bits per heavy atom. The van der Waals surface area contributed by atoms with Crippen molar-refractivity contribution in [2.45, 2.75) is 31.4 Å². The Labute approximate surface area is 190 Å². The van der Waals surface area contributed by atoms with Crippen LogP contribution in [0.5, 0.6) is 0 Å². The van der Waals surface area contributed by atoms with Crippen molar-refractivity contribution < 1.29 is 39.9 Å². The highest BCUT2D eigenvalue weighted by Gasteiger charge is 2.73. The molecule has 176 valence electrons. The number of anilines is 2. The first-order valence-corrected chi connectivity index (χ1v) is 9.97. The van der Waals surface area contributed by atoms with E-state index in [1.807, 2.05) is 6.92 Å². The fraction of sp³-hybridized carbons (Fsp3) is 0.316. The molecule has 0 saturated heterocycles. The number of halogens is 10. The molecular formula is C19H14BrClF8N2O. The van der Waals surface area contributed by atoms with Crippen LogP contribution in [0.25, 0.3) is 0 Å². The highest BCUT2D eigenvalue weighted by molar-refractivity contribution is 9.10. The van der Waals surface area contributed by atoms with Gasteiger partial charge in [-0.3, -0.25) is 4.79 Å². The van der Waals surface area contributed by atoms with E-state index in [4.69, 9.17) is 11.6 Å². The lowest BCUT2D eigenvalue weighted by atomic mass is 9.94. The average molecular weight is 554 g/mol. The average Bonchev–Trinajstić information content (AvgIpc) is 2.67. The molecule has 32 heavy (non-hydrogen) atoms. The van der Waals surface area contributed by atoms with E-state index in [1.165, 1.54) is 12.1 Å². The minimum Gasteiger partial charge on any atom is -0.383 e. The standard InChI is InChI=1S/C19H14BrClF8N2O/c1-2-6-30-13-5-3-4-10(14(13)22)16(32)31-15-11(20)7-9(8-12(15)21)17(23,18(24,25)26)19(27,28)29/h3-5,7-8,30H,2,6H2,1H3,(H,31,32). The fourth-order valence-electron chi connectivity index (χ4n) is 2.66. The number of alkyl halides is 7. The predicted octanol–water partition coefficient (Wildman–Crippen LogP) is 7.61. The van der Waals surface area contributed by atoms with Crippen LogP contribution in [0.2, 0.25) is 5.02 Å². The van der Waals surface area contributed by atoms with E-state index in [0.29, 0.717) is 13.0 Å². The van der Waals surface area contributed by atoms with Gasteiger partial charge in [0, 0.05) is 16.6 Å². The number of hydrogen-bond donors (Lipinski definition) is 2. The SMILES string of the molecule is CCCNc1cccc(C(=O)Nc2c(Cl)cc(C(F)(C(F)(F)F)C(F)(F)F)cc2Br)c1F. The third-order valence-corrected chi connectivity index (χ3v) is 5.19. The molecule has 3 nitrogen and oxygen atoms in total. The van der Waals surface area contributed by atoms with E-state index >= 15 is 0 Å². The van der Waals surface area contributed by atoms with Crippen molar-refractivity contribution in [1.82, 2.24) is 0 Å². The van der Waals surface area contributed by atoms with E-state index in [2.05, 4.69) is 26.6 Å². The fourth-order valence-corrected chi connectivity index (χ4v) is 3.60. The minimum atomic E-state index is -6.34. The van der Waals surface area contributed by atoms with Gasteiger partial charge in [-0.15, -0.1) is 0 Å². The maximum Gasteiger partial charge on any atom is 0.435 e. The van der Waals surface area contributed by atoms with Gasteiger partial charge in [-0.05, 0) is 46.6 Å². The van der Waals surface area contributed by atoms with Crippen LogP contribution in [0.15, 0.2) is 34.8 Å². The van der Waals surface area contributed by atoms with Crippen LogP contribution in [-0.2, 0) is 5.67 Å². The second kappa shape index (κ2) is 9.42. The lowest BCUT2D eigenvalue weighted by molar-refractivity contribution is -0.348. The van der Waals surface area contributed by atoms with Gasteiger partial charge in [0.15, 0.2) is 5.82 Å². The molecule has 0 spiro atoms. The predicted molar refractivity (Wildman–Crippen MR) is 107 cm³/mol. The maximum absolute atomic E-state index is 14.6. The molecule has 2 aromatic rings. The summed E-state index contributed by atoms with van der Waals surface area (Å²) in [5.74, 6) is -2.02. The Kier molecular flexibility index (Phi) is 7.71. The number of carbonyl (C=O) groups is 1. The van der Waals surface area contributed by atoms with Crippen LogP contribution in [0, 0.1) is 5.82 Å². The van der Waals surface area contributed by atoms with E-state index in [0.717, 1.165) is 6.07 Å². The number of rotatable bonds is 6. The molecule has 2 N–H and O–H groups in total. The molecule has 0 aliphatic carbocycles. The molecule has 2 aromatic carbocycles. The van der Waals surface area contributed by atoms with E-state index < -0.39 is 56.1 Å². The van der Waals surface area contributed by atoms with Crippen molar-refractivity contribution in [3.05, 3.63) is 56.8 Å². The summed E-state index contributed by atoms with van der Waals surface area (Å²) < 4.78 is 106. The highest BCUT2D eigenvalue weighted by atomic mass is 79.9. The van der Waals surface area contributed by atoms with Crippen molar-refractivity contribution >= 4 is 44.8 Å². The normalized spacial score (nSPS) is 12.6. The molecule has 0 unspecified atom stereocenters. The first kappa shape index (κ1) is 26.2. The Hall–Kier alpha value is -2.08. The Morgan fingerprint density at radius 1 is 1.06 bits per heavy atom. The molecule has 0 heterocycles. The smallest absolute Gasteiger partial charge is 0.383 e. The van der Waals surface area contributed by atoms with Crippen LogP contribution in [-0.4, -0.2) is 24.8 Å². The van der Waals surface area contributed by atoms with Crippen molar-refractivity contribution in [3.63, 3.8) is 0 Å². The highest BCUT2D eigenvalue weighted by Crippen LogP contribution is 2.54. The lowest BCUT2D eigenvalue weighted by Gasteiger charge is -2.30. The van der Waals surface area contributed by atoms with Crippen LogP contribution < -0.4 is 10.6 Å². The third kappa shape index (κ3) is 4.95. The Balaban J connectivity index is 2.45. The van der Waals surface area contributed by atoms with Crippen LogP contribution in [0.1, 0.15) is 29.3 Å². The number of hydrogen-bond acceptors (Lipinski definition) is 2. The van der Waals surface area contributed by atoms with Crippen molar-refractivity contribution in [2.75, 3.05) is 17.2 Å². The summed E-state index contributed by atoms with van der Waals surface area (Å²) in [6.45, 7) is 2.23. The summed E-state index contributed by atoms with van der Waals surface area (Å²) in [4.78, 5) is 12.5. The summed E-state index contributed by atoms with van der Waals surface area (Å²) >= 11 is 8.45. The van der Waals surface area contributed by atoms with E-state index in [-0.39, 0.29) is 17.8 Å². The third-order valence-electron chi connectivity index (χ3n) is 4.27. The number of nitrogens with one attached hydrogen (secondary N) is 2. The first-order valence-electron chi connectivity index (χ1n) is 8.80. The summed E-state index contributed by atoms with van der Waals surface area (Å²) in [7, 11) is 0. The molecule has 0 bridgehead atoms. The molecular weight excluding hydrogens is 540 g/mol. The van der Waals surface area contributed by atoms with Gasteiger partial charge in [-0.1, -0.05) is 24.6 Å². The van der Waals surface area contributed by atoms with Gasteiger partial charge in [-0.25, -0.2) is 8.78 Å². The Bertz CT molecular complexity index is 973. The van der Waals surface area contributed by atoms with Gasteiger partial charge in [-0.2, -0.15) is 26.3 Å². The zero-order valence-corrected chi connectivity index (χ0v) is 18.3. The van der Waals surface area contributed by atoms with Crippen LogP contribution in [0.3, 0.4) is 0 Å². The van der Waals surface area contributed by atoms with Gasteiger partial charge in [0.25, 0.3) is 5.91 Å². The maximum atomic E-state index is 14.6. The molecule has 0 fully saturated rings. The molecule has 0 atom stereocenters. The number of amides is 1. The number of carbonyl (C=O) groups excluding carboxylic acids is 1. The van der Waals surface area contributed by atoms with Crippen molar-refractivity contribution in [2.24, 2.45) is 0 Å². The summed E-state index contributed by atoms with van der Waals surface area (Å²) in [5, 5.41) is 4.02. The molecule has 0 saturated carbocycles.